The molecule has 3 aromatic rings. The number of carbonyl (C=O) groups is 3. The van der Waals surface area contributed by atoms with Crippen LogP contribution in [0.25, 0.3) is 0 Å². The van der Waals surface area contributed by atoms with E-state index in [0.29, 0.717) is 22.1 Å². The first-order valence-corrected chi connectivity index (χ1v) is 11.2. The van der Waals surface area contributed by atoms with Crippen molar-refractivity contribution in [1.82, 2.24) is 15.0 Å². The lowest BCUT2D eigenvalue weighted by atomic mass is 10.1. The Bertz CT molecular complexity index is 1340. The van der Waals surface area contributed by atoms with Crippen molar-refractivity contribution >= 4 is 46.4 Å². The Morgan fingerprint density at radius 3 is 2.69 bits per heavy atom. The standard InChI is InChI=1S/C23H19FN6O4S/c1-4-20-28-18(12-35-20)21(32)30(16-7-15(27-13(2)31)8-17(9-16)34-3)19-5-6-29(22(19)33)23-25-10-14(24)11-26-23/h1,7-12,19H,5-6H2,2-3H3,(H,27,31). The number of amides is 3. The zero-order valence-electron chi connectivity index (χ0n) is 18.7. The normalized spacial score (nSPS) is 15.0. The van der Waals surface area contributed by atoms with Crippen LogP contribution in [0.3, 0.4) is 0 Å². The van der Waals surface area contributed by atoms with E-state index in [1.807, 2.05) is 0 Å². The van der Waals surface area contributed by atoms with E-state index in [4.69, 9.17) is 11.2 Å². The molecule has 1 N–H and O–H groups in total. The Kier molecular flexibility index (Phi) is 6.70. The zero-order chi connectivity index (χ0) is 25.1. The third-order valence-corrected chi connectivity index (χ3v) is 5.90. The van der Waals surface area contributed by atoms with Crippen LogP contribution in [-0.2, 0) is 9.59 Å². The van der Waals surface area contributed by atoms with E-state index >= 15 is 0 Å². The summed E-state index contributed by atoms with van der Waals surface area (Å²) in [7, 11) is 1.44. The van der Waals surface area contributed by atoms with Gasteiger partial charge < -0.3 is 10.1 Å². The van der Waals surface area contributed by atoms with E-state index < -0.39 is 23.7 Å². The molecule has 1 saturated heterocycles. The molecule has 1 unspecified atom stereocenters. The second-order valence-corrected chi connectivity index (χ2v) is 8.31. The highest BCUT2D eigenvalue weighted by molar-refractivity contribution is 7.10. The summed E-state index contributed by atoms with van der Waals surface area (Å²) in [6.45, 7) is 1.55. The van der Waals surface area contributed by atoms with Gasteiger partial charge in [-0.05, 0) is 18.4 Å². The van der Waals surface area contributed by atoms with Crippen LogP contribution in [-0.4, -0.2) is 52.4 Å². The summed E-state index contributed by atoms with van der Waals surface area (Å²) in [6.07, 6.45) is 7.57. The van der Waals surface area contributed by atoms with Gasteiger partial charge in [0.25, 0.3) is 11.8 Å². The third-order valence-electron chi connectivity index (χ3n) is 5.13. The van der Waals surface area contributed by atoms with Crippen LogP contribution in [0, 0.1) is 18.2 Å². The summed E-state index contributed by atoms with van der Waals surface area (Å²) in [6, 6.07) is 3.76. The summed E-state index contributed by atoms with van der Waals surface area (Å²) in [5, 5.41) is 4.49. The van der Waals surface area contributed by atoms with Crippen molar-refractivity contribution in [2.75, 3.05) is 28.8 Å². The summed E-state index contributed by atoms with van der Waals surface area (Å²) in [5.41, 5.74) is 0.737. The van der Waals surface area contributed by atoms with Gasteiger partial charge in [0.2, 0.25) is 11.9 Å². The summed E-state index contributed by atoms with van der Waals surface area (Å²) in [4.78, 5) is 53.2. The van der Waals surface area contributed by atoms with Crippen molar-refractivity contribution in [3.05, 3.63) is 52.5 Å². The van der Waals surface area contributed by atoms with Crippen molar-refractivity contribution < 1.29 is 23.5 Å². The number of hydrogen-bond acceptors (Lipinski definition) is 8. The van der Waals surface area contributed by atoms with Crippen molar-refractivity contribution in [3.8, 4) is 18.1 Å². The number of thiazole rings is 1. The minimum absolute atomic E-state index is 0.0270. The molecular weight excluding hydrogens is 475 g/mol. The van der Waals surface area contributed by atoms with Gasteiger partial charge in [-0.15, -0.1) is 17.8 Å². The molecule has 2 aromatic heterocycles. The van der Waals surface area contributed by atoms with Gasteiger partial charge in [-0.1, -0.05) is 0 Å². The number of anilines is 3. The highest BCUT2D eigenvalue weighted by Gasteiger charge is 2.41. The van der Waals surface area contributed by atoms with E-state index in [1.165, 1.54) is 29.2 Å². The number of hydrogen-bond donors (Lipinski definition) is 1. The summed E-state index contributed by atoms with van der Waals surface area (Å²) < 4.78 is 18.6. The second kappa shape index (κ2) is 9.86. The number of benzene rings is 1. The van der Waals surface area contributed by atoms with Gasteiger partial charge >= 0.3 is 0 Å². The molecule has 35 heavy (non-hydrogen) atoms. The molecule has 4 rings (SSSR count). The molecule has 10 nitrogen and oxygen atoms in total. The number of rotatable bonds is 6. The van der Waals surface area contributed by atoms with Gasteiger partial charge in [-0.3, -0.25) is 24.2 Å². The molecule has 1 fully saturated rings. The lowest BCUT2D eigenvalue weighted by Crippen LogP contribution is -2.46. The van der Waals surface area contributed by atoms with Crippen LogP contribution in [0.1, 0.15) is 28.8 Å². The van der Waals surface area contributed by atoms with E-state index in [1.54, 1.807) is 18.2 Å². The quantitative estimate of drug-likeness (QED) is 0.523. The first-order valence-electron chi connectivity index (χ1n) is 10.3. The Labute approximate surface area is 203 Å². The highest BCUT2D eigenvalue weighted by atomic mass is 32.1. The molecule has 3 heterocycles. The van der Waals surface area contributed by atoms with Gasteiger partial charge in [0.1, 0.15) is 17.5 Å². The molecular formula is C23H19FN6O4S. The Morgan fingerprint density at radius 2 is 2.06 bits per heavy atom. The average molecular weight is 495 g/mol. The third kappa shape index (κ3) is 4.95. The maximum atomic E-state index is 13.6. The van der Waals surface area contributed by atoms with Crippen LogP contribution >= 0.6 is 11.3 Å². The van der Waals surface area contributed by atoms with E-state index in [2.05, 4.69) is 26.2 Å². The number of methoxy groups -OCH3 is 1. The Morgan fingerprint density at radius 1 is 1.31 bits per heavy atom. The number of ether oxygens (including phenoxy) is 1. The van der Waals surface area contributed by atoms with Gasteiger partial charge in [0.05, 0.1) is 25.2 Å². The van der Waals surface area contributed by atoms with Crippen LogP contribution in [0.5, 0.6) is 5.75 Å². The lowest BCUT2D eigenvalue weighted by molar-refractivity contribution is -0.118. The number of nitrogens with one attached hydrogen (secondary N) is 1. The van der Waals surface area contributed by atoms with Crippen LogP contribution < -0.4 is 19.9 Å². The first-order chi connectivity index (χ1) is 16.8. The molecule has 3 amide bonds. The molecule has 1 aromatic carbocycles. The molecule has 178 valence electrons. The maximum Gasteiger partial charge on any atom is 0.278 e. The smallest absolute Gasteiger partial charge is 0.278 e. The van der Waals surface area contributed by atoms with Crippen LogP contribution in [0.4, 0.5) is 21.7 Å². The number of aromatic nitrogens is 3. The predicted octanol–water partition coefficient (Wildman–Crippen LogP) is 2.47. The number of halogens is 1. The summed E-state index contributed by atoms with van der Waals surface area (Å²) >= 11 is 1.12. The number of nitrogens with zero attached hydrogens (tertiary/aromatic N) is 5. The Balaban J connectivity index is 1.77. The van der Waals surface area contributed by atoms with E-state index in [0.717, 1.165) is 23.7 Å². The van der Waals surface area contributed by atoms with Crippen molar-refractivity contribution in [2.24, 2.45) is 0 Å². The zero-order valence-corrected chi connectivity index (χ0v) is 19.5. The van der Waals surface area contributed by atoms with Gasteiger partial charge in [0, 0.05) is 36.7 Å². The summed E-state index contributed by atoms with van der Waals surface area (Å²) in [5.74, 6) is 0.792. The molecule has 0 saturated carbocycles. The van der Waals surface area contributed by atoms with Gasteiger partial charge in [-0.25, -0.2) is 19.3 Å². The predicted molar refractivity (Wildman–Crippen MR) is 127 cm³/mol. The number of terminal acetylenes is 1. The SMILES string of the molecule is C#Cc1nc(C(=O)N(c2cc(NC(C)=O)cc(OC)c2)C2CCN(c3ncc(F)cn3)C2=O)cs1. The fourth-order valence-electron chi connectivity index (χ4n) is 3.66. The van der Waals surface area contributed by atoms with Crippen molar-refractivity contribution in [2.45, 2.75) is 19.4 Å². The molecule has 1 atom stereocenters. The topological polar surface area (TPSA) is 118 Å². The fraction of sp³-hybridized carbons (Fsp3) is 0.217. The minimum Gasteiger partial charge on any atom is -0.497 e. The average Bonchev–Trinajstić information content (AvgIpc) is 3.46. The van der Waals surface area contributed by atoms with Gasteiger partial charge in [0.15, 0.2) is 10.8 Å². The molecule has 1 aliphatic heterocycles. The molecule has 12 heteroatoms. The largest absolute Gasteiger partial charge is 0.497 e. The first kappa shape index (κ1) is 23.8. The molecule has 0 bridgehead atoms. The molecule has 0 spiro atoms. The fourth-order valence-corrected chi connectivity index (χ4v) is 4.26. The van der Waals surface area contributed by atoms with E-state index in [9.17, 15) is 18.8 Å². The Hall–Kier alpha value is -4.37. The second-order valence-electron chi connectivity index (χ2n) is 7.45. The van der Waals surface area contributed by atoms with Crippen LogP contribution in [0.2, 0.25) is 0 Å². The van der Waals surface area contributed by atoms with E-state index in [-0.39, 0.29) is 30.5 Å². The monoisotopic (exact) mass is 494 g/mol. The van der Waals surface area contributed by atoms with Crippen molar-refractivity contribution in [3.63, 3.8) is 0 Å². The van der Waals surface area contributed by atoms with Gasteiger partial charge in [-0.2, -0.15) is 0 Å². The minimum atomic E-state index is -0.954. The van der Waals surface area contributed by atoms with Crippen molar-refractivity contribution in [1.29, 1.82) is 0 Å². The highest BCUT2D eigenvalue weighted by Crippen LogP contribution is 2.33. The molecule has 1 aliphatic rings. The lowest BCUT2D eigenvalue weighted by Gasteiger charge is -2.28. The van der Waals surface area contributed by atoms with Crippen LogP contribution in [0.15, 0.2) is 36.0 Å². The number of carbonyl (C=O) groups excluding carboxylic acids is 3. The maximum absolute atomic E-state index is 13.6. The molecule has 0 radical (unpaired) electrons. The molecule has 0 aliphatic carbocycles.